The van der Waals surface area contributed by atoms with Crippen LogP contribution >= 0.6 is 23.2 Å². The van der Waals surface area contributed by atoms with Crippen LogP contribution in [0.25, 0.3) is 0 Å². The Labute approximate surface area is 162 Å². The maximum Gasteiger partial charge on any atom is 0.251 e. The highest BCUT2D eigenvalue weighted by molar-refractivity contribution is 6.31. The van der Waals surface area contributed by atoms with E-state index in [1.807, 2.05) is 42.5 Å². The molecule has 0 radical (unpaired) electrons. The standard InChI is InChI=1S/C21H17Cl2NO2/c22-19-7-3-1-5-16(19)13-24-21(25)15-9-11-18(12-10-15)26-14-17-6-2-4-8-20(17)23/h1-12H,13-14H2,(H,24,25). The molecule has 0 spiro atoms. The minimum absolute atomic E-state index is 0.164. The maximum absolute atomic E-state index is 12.3. The van der Waals surface area contributed by atoms with Crippen molar-refractivity contribution in [3.8, 4) is 5.75 Å². The topological polar surface area (TPSA) is 38.3 Å². The zero-order valence-electron chi connectivity index (χ0n) is 13.9. The molecule has 0 heterocycles. The number of halogens is 2. The fourth-order valence-electron chi connectivity index (χ4n) is 2.40. The average Bonchev–Trinajstić information content (AvgIpc) is 2.67. The Kier molecular flexibility index (Phi) is 6.16. The van der Waals surface area contributed by atoms with E-state index in [4.69, 9.17) is 27.9 Å². The van der Waals surface area contributed by atoms with Gasteiger partial charge in [-0.3, -0.25) is 4.79 Å². The normalized spacial score (nSPS) is 10.4. The third kappa shape index (κ3) is 4.78. The van der Waals surface area contributed by atoms with Gasteiger partial charge in [-0.1, -0.05) is 59.6 Å². The van der Waals surface area contributed by atoms with Gasteiger partial charge >= 0.3 is 0 Å². The Balaban J connectivity index is 1.56. The van der Waals surface area contributed by atoms with Crippen LogP contribution in [0.3, 0.4) is 0 Å². The molecule has 0 saturated heterocycles. The third-order valence-corrected chi connectivity index (χ3v) is 4.60. The summed E-state index contributed by atoms with van der Waals surface area (Å²) in [7, 11) is 0. The number of nitrogens with one attached hydrogen (secondary N) is 1. The van der Waals surface area contributed by atoms with Crippen LogP contribution in [0.15, 0.2) is 72.8 Å². The minimum Gasteiger partial charge on any atom is -0.489 e. The predicted molar refractivity (Wildman–Crippen MR) is 105 cm³/mol. The molecule has 1 N–H and O–H groups in total. The molecule has 3 rings (SSSR count). The molecule has 3 aromatic rings. The van der Waals surface area contributed by atoms with Gasteiger partial charge in [-0.05, 0) is 42.0 Å². The van der Waals surface area contributed by atoms with Crippen LogP contribution in [-0.2, 0) is 13.2 Å². The van der Waals surface area contributed by atoms with Crippen LogP contribution in [0.4, 0.5) is 0 Å². The van der Waals surface area contributed by atoms with Crippen molar-refractivity contribution in [2.75, 3.05) is 0 Å². The van der Waals surface area contributed by atoms with Crippen LogP contribution in [0.1, 0.15) is 21.5 Å². The molecule has 0 bridgehead atoms. The van der Waals surface area contributed by atoms with Crippen molar-refractivity contribution < 1.29 is 9.53 Å². The van der Waals surface area contributed by atoms with E-state index in [2.05, 4.69) is 5.32 Å². The highest BCUT2D eigenvalue weighted by Crippen LogP contribution is 2.19. The number of benzene rings is 3. The first-order chi connectivity index (χ1) is 12.6. The van der Waals surface area contributed by atoms with Gasteiger partial charge in [0.15, 0.2) is 0 Å². The van der Waals surface area contributed by atoms with Crippen LogP contribution in [0, 0.1) is 0 Å². The lowest BCUT2D eigenvalue weighted by Gasteiger charge is -2.09. The van der Waals surface area contributed by atoms with Crippen LogP contribution in [0.2, 0.25) is 10.0 Å². The summed E-state index contributed by atoms with van der Waals surface area (Å²) in [4.78, 5) is 12.3. The van der Waals surface area contributed by atoms with Gasteiger partial charge in [-0.2, -0.15) is 0 Å². The Morgan fingerprint density at radius 1 is 0.808 bits per heavy atom. The summed E-state index contributed by atoms with van der Waals surface area (Å²) in [6.07, 6.45) is 0. The van der Waals surface area contributed by atoms with Crippen molar-refractivity contribution in [2.24, 2.45) is 0 Å². The molecule has 3 nitrogen and oxygen atoms in total. The lowest BCUT2D eigenvalue weighted by atomic mass is 10.2. The van der Waals surface area contributed by atoms with Crippen molar-refractivity contribution >= 4 is 29.1 Å². The van der Waals surface area contributed by atoms with Crippen molar-refractivity contribution in [3.05, 3.63) is 99.5 Å². The molecular formula is C21H17Cl2NO2. The molecule has 5 heteroatoms. The van der Waals surface area contributed by atoms with Gasteiger partial charge in [-0.25, -0.2) is 0 Å². The number of hydrogen-bond donors (Lipinski definition) is 1. The zero-order valence-corrected chi connectivity index (χ0v) is 15.4. The van der Waals surface area contributed by atoms with Gasteiger partial charge in [0, 0.05) is 27.7 Å². The second kappa shape index (κ2) is 8.75. The monoisotopic (exact) mass is 385 g/mol. The SMILES string of the molecule is O=C(NCc1ccccc1Cl)c1ccc(OCc2ccccc2Cl)cc1. The van der Waals surface area contributed by atoms with E-state index in [0.717, 1.165) is 11.1 Å². The second-order valence-corrected chi connectivity index (χ2v) is 6.49. The van der Waals surface area contributed by atoms with Gasteiger partial charge in [0.1, 0.15) is 12.4 Å². The van der Waals surface area contributed by atoms with Gasteiger partial charge in [0.05, 0.1) is 0 Å². The van der Waals surface area contributed by atoms with Gasteiger partial charge in [-0.15, -0.1) is 0 Å². The number of rotatable bonds is 6. The molecule has 0 unspecified atom stereocenters. The smallest absolute Gasteiger partial charge is 0.251 e. The fraction of sp³-hybridized carbons (Fsp3) is 0.0952. The summed E-state index contributed by atoms with van der Waals surface area (Å²) in [5.74, 6) is 0.509. The molecule has 0 atom stereocenters. The fourth-order valence-corrected chi connectivity index (χ4v) is 2.79. The van der Waals surface area contributed by atoms with E-state index >= 15 is 0 Å². The molecular weight excluding hydrogens is 369 g/mol. The third-order valence-electron chi connectivity index (χ3n) is 3.87. The van der Waals surface area contributed by atoms with E-state index in [1.165, 1.54) is 0 Å². The van der Waals surface area contributed by atoms with E-state index in [9.17, 15) is 4.79 Å². The molecule has 26 heavy (non-hydrogen) atoms. The van der Waals surface area contributed by atoms with Gasteiger partial charge < -0.3 is 10.1 Å². The lowest BCUT2D eigenvalue weighted by Crippen LogP contribution is -2.22. The molecule has 0 aliphatic rings. The molecule has 132 valence electrons. The van der Waals surface area contributed by atoms with Gasteiger partial charge in [0.2, 0.25) is 0 Å². The van der Waals surface area contributed by atoms with E-state index in [0.29, 0.717) is 34.5 Å². The van der Waals surface area contributed by atoms with Crippen LogP contribution in [-0.4, -0.2) is 5.91 Å². The van der Waals surface area contributed by atoms with Gasteiger partial charge in [0.25, 0.3) is 5.91 Å². The first-order valence-corrected chi connectivity index (χ1v) is 8.87. The first-order valence-electron chi connectivity index (χ1n) is 8.11. The van der Waals surface area contributed by atoms with E-state index < -0.39 is 0 Å². The molecule has 0 saturated carbocycles. The Hall–Kier alpha value is -2.49. The number of hydrogen-bond acceptors (Lipinski definition) is 2. The quantitative estimate of drug-likeness (QED) is 0.607. The van der Waals surface area contributed by atoms with Crippen molar-refractivity contribution in [1.82, 2.24) is 5.32 Å². The van der Waals surface area contributed by atoms with Crippen LogP contribution < -0.4 is 10.1 Å². The molecule has 0 aliphatic heterocycles. The summed E-state index contributed by atoms with van der Waals surface area (Å²) in [5, 5.41) is 4.16. The van der Waals surface area contributed by atoms with E-state index in [-0.39, 0.29) is 5.91 Å². The number of carbonyl (C=O) groups is 1. The molecule has 3 aromatic carbocycles. The molecule has 0 fully saturated rings. The molecule has 0 aromatic heterocycles. The maximum atomic E-state index is 12.3. The Morgan fingerprint density at radius 3 is 2.00 bits per heavy atom. The summed E-state index contributed by atoms with van der Waals surface area (Å²) < 4.78 is 5.72. The van der Waals surface area contributed by atoms with Crippen molar-refractivity contribution in [1.29, 1.82) is 0 Å². The van der Waals surface area contributed by atoms with E-state index in [1.54, 1.807) is 30.3 Å². The largest absolute Gasteiger partial charge is 0.489 e. The first kappa shape index (κ1) is 18.3. The summed E-state index contributed by atoms with van der Waals surface area (Å²) >= 11 is 12.2. The van der Waals surface area contributed by atoms with Crippen molar-refractivity contribution in [3.63, 3.8) is 0 Å². The molecule has 0 aliphatic carbocycles. The van der Waals surface area contributed by atoms with Crippen LogP contribution in [0.5, 0.6) is 5.75 Å². The summed E-state index contributed by atoms with van der Waals surface area (Å²) in [6.45, 7) is 0.751. The lowest BCUT2D eigenvalue weighted by molar-refractivity contribution is 0.0951. The summed E-state index contributed by atoms with van der Waals surface area (Å²) in [5.41, 5.74) is 2.35. The zero-order chi connectivity index (χ0) is 18.4. The Morgan fingerprint density at radius 2 is 1.38 bits per heavy atom. The predicted octanol–water partition coefficient (Wildman–Crippen LogP) is 5.50. The number of carbonyl (C=O) groups excluding carboxylic acids is 1. The summed E-state index contributed by atoms with van der Waals surface area (Å²) in [6, 6.07) is 21.9. The highest BCUT2D eigenvalue weighted by atomic mass is 35.5. The minimum atomic E-state index is -0.164. The Bertz CT molecular complexity index is 895. The highest BCUT2D eigenvalue weighted by Gasteiger charge is 2.07. The number of ether oxygens (including phenoxy) is 1. The second-order valence-electron chi connectivity index (χ2n) is 5.68. The van der Waals surface area contributed by atoms with Crippen molar-refractivity contribution in [2.45, 2.75) is 13.2 Å². The number of amides is 1. The average molecular weight is 386 g/mol. The molecule has 1 amide bonds.